The molecule has 4 nitrogen and oxygen atoms in total. The third kappa shape index (κ3) is 3.43. The predicted molar refractivity (Wildman–Crippen MR) is 74.0 cm³/mol. The van der Waals surface area contributed by atoms with E-state index in [2.05, 4.69) is 15.3 Å². The summed E-state index contributed by atoms with van der Waals surface area (Å²) in [5, 5.41) is 2.81. The first-order valence-electron chi connectivity index (χ1n) is 5.38. The fraction of sp³-hybridized carbons (Fsp3) is 0.0833. The van der Waals surface area contributed by atoms with E-state index in [1.807, 2.05) is 0 Å². The Balaban J connectivity index is 2.35. The van der Waals surface area contributed by atoms with Gasteiger partial charge in [-0.05, 0) is 12.1 Å². The van der Waals surface area contributed by atoms with Crippen molar-refractivity contribution >= 4 is 41.2 Å². The summed E-state index contributed by atoms with van der Waals surface area (Å²) in [6.45, 7) is 0. The Morgan fingerprint density at radius 3 is 2.75 bits per heavy atom. The Morgan fingerprint density at radius 1 is 1.30 bits per heavy atom. The smallest absolute Gasteiger partial charge is 0.288 e. The van der Waals surface area contributed by atoms with Crippen LogP contribution >= 0.6 is 23.4 Å². The van der Waals surface area contributed by atoms with E-state index in [9.17, 15) is 13.6 Å². The standard InChI is InChI=1S/C12H8ClF2N3OS/c13-10-7(5-19)11(17-6-16-10)18-8-3-1-2-4-9(8)20-12(14)15/h1-6,12H,(H,16,17,18). The minimum atomic E-state index is -2.54. The van der Waals surface area contributed by atoms with E-state index in [4.69, 9.17) is 11.6 Å². The molecule has 1 N–H and O–H groups in total. The molecule has 0 saturated heterocycles. The normalized spacial score (nSPS) is 10.6. The minimum Gasteiger partial charge on any atom is -0.339 e. The maximum Gasteiger partial charge on any atom is 0.288 e. The van der Waals surface area contributed by atoms with Crippen LogP contribution in [-0.4, -0.2) is 22.0 Å². The molecule has 104 valence electrons. The summed E-state index contributed by atoms with van der Waals surface area (Å²) in [7, 11) is 0. The van der Waals surface area contributed by atoms with Gasteiger partial charge in [-0.1, -0.05) is 35.5 Å². The van der Waals surface area contributed by atoms with Crippen molar-refractivity contribution in [2.75, 3.05) is 5.32 Å². The van der Waals surface area contributed by atoms with Crippen LogP contribution in [0.15, 0.2) is 35.5 Å². The number of aldehydes is 1. The van der Waals surface area contributed by atoms with Crippen LogP contribution in [0.25, 0.3) is 0 Å². The van der Waals surface area contributed by atoms with Crippen LogP contribution in [0.4, 0.5) is 20.3 Å². The Hall–Kier alpha value is -1.73. The lowest BCUT2D eigenvalue weighted by Gasteiger charge is -2.12. The van der Waals surface area contributed by atoms with Gasteiger partial charge in [-0.25, -0.2) is 9.97 Å². The largest absolute Gasteiger partial charge is 0.339 e. The number of nitrogens with one attached hydrogen (secondary N) is 1. The molecule has 0 unspecified atom stereocenters. The lowest BCUT2D eigenvalue weighted by Crippen LogP contribution is -2.01. The number of nitrogens with zero attached hydrogens (tertiary/aromatic N) is 2. The maximum atomic E-state index is 12.5. The van der Waals surface area contributed by atoms with Crippen LogP contribution in [0.2, 0.25) is 5.15 Å². The first-order valence-corrected chi connectivity index (χ1v) is 6.64. The molecule has 0 atom stereocenters. The van der Waals surface area contributed by atoms with Crippen molar-refractivity contribution in [1.29, 1.82) is 0 Å². The molecular weight excluding hydrogens is 308 g/mol. The molecule has 0 spiro atoms. The quantitative estimate of drug-likeness (QED) is 0.513. The summed E-state index contributed by atoms with van der Waals surface area (Å²) in [4.78, 5) is 18.9. The summed E-state index contributed by atoms with van der Waals surface area (Å²) in [6.07, 6.45) is 1.69. The lowest BCUT2D eigenvalue weighted by molar-refractivity contribution is 0.112. The van der Waals surface area contributed by atoms with Gasteiger partial charge in [0.25, 0.3) is 5.76 Å². The third-order valence-electron chi connectivity index (χ3n) is 2.31. The number of hydrogen-bond acceptors (Lipinski definition) is 5. The molecule has 1 heterocycles. The molecule has 1 aromatic heterocycles. The zero-order valence-electron chi connectivity index (χ0n) is 9.89. The van der Waals surface area contributed by atoms with E-state index >= 15 is 0 Å². The molecule has 0 radical (unpaired) electrons. The van der Waals surface area contributed by atoms with E-state index in [0.717, 1.165) is 0 Å². The van der Waals surface area contributed by atoms with Gasteiger partial charge in [0.2, 0.25) is 0 Å². The van der Waals surface area contributed by atoms with Crippen molar-refractivity contribution in [3.8, 4) is 0 Å². The van der Waals surface area contributed by atoms with Gasteiger partial charge >= 0.3 is 0 Å². The Morgan fingerprint density at radius 2 is 2.05 bits per heavy atom. The number of para-hydroxylation sites is 1. The monoisotopic (exact) mass is 315 g/mol. The van der Waals surface area contributed by atoms with Gasteiger partial charge in [-0.15, -0.1) is 0 Å². The molecule has 0 aliphatic heterocycles. The van der Waals surface area contributed by atoms with Gasteiger partial charge in [0.1, 0.15) is 17.3 Å². The number of halogens is 3. The molecular formula is C12H8ClF2N3OS. The fourth-order valence-electron chi connectivity index (χ4n) is 1.47. The zero-order chi connectivity index (χ0) is 14.5. The van der Waals surface area contributed by atoms with Crippen molar-refractivity contribution < 1.29 is 13.6 Å². The van der Waals surface area contributed by atoms with Gasteiger partial charge in [0.05, 0.1) is 11.3 Å². The molecule has 20 heavy (non-hydrogen) atoms. The Bertz CT molecular complexity index is 627. The number of rotatable bonds is 5. The molecule has 0 amide bonds. The highest BCUT2D eigenvalue weighted by atomic mass is 35.5. The first-order chi connectivity index (χ1) is 9.61. The Kier molecular flexibility index (Phi) is 4.86. The number of carbonyl (C=O) groups excluding carboxylic acids is 1. The summed E-state index contributed by atoms with van der Waals surface area (Å²) < 4.78 is 25.0. The number of thioether (sulfide) groups is 1. The highest BCUT2D eigenvalue weighted by Crippen LogP contribution is 2.33. The number of benzene rings is 1. The van der Waals surface area contributed by atoms with Gasteiger partial charge < -0.3 is 5.32 Å². The minimum absolute atomic E-state index is 0.00325. The van der Waals surface area contributed by atoms with E-state index in [1.54, 1.807) is 24.3 Å². The van der Waals surface area contributed by atoms with Gasteiger partial charge in [-0.3, -0.25) is 4.79 Å². The molecule has 8 heteroatoms. The second-order valence-corrected chi connectivity index (χ2v) is 4.93. The molecule has 0 saturated carbocycles. The first kappa shape index (κ1) is 14.7. The molecule has 0 aliphatic rings. The fourth-order valence-corrected chi connectivity index (χ4v) is 2.25. The van der Waals surface area contributed by atoms with E-state index < -0.39 is 5.76 Å². The number of hydrogen-bond donors (Lipinski definition) is 1. The topological polar surface area (TPSA) is 54.9 Å². The Labute approximate surface area is 122 Å². The SMILES string of the molecule is O=Cc1c(Cl)ncnc1Nc1ccccc1SC(F)F. The van der Waals surface area contributed by atoms with Crippen molar-refractivity contribution in [2.45, 2.75) is 10.7 Å². The third-order valence-corrected chi connectivity index (χ3v) is 3.40. The second kappa shape index (κ2) is 6.62. The number of alkyl halides is 2. The van der Waals surface area contributed by atoms with Crippen LogP contribution in [0, 0.1) is 0 Å². The number of anilines is 2. The van der Waals surface area contributed by atoms with Crippen LogP contribution in [0.1, 0.15) is 10.4 Å². The molecule has 1 aromatic carbocycles. The van der Waals surface area contributed by atoms with Crippen LogP contribution in [-0.2, 0) is 0 Å². The van der Waals surface area contributed by atoms with Gasteiger partial charge in [0.15, 0.2) is 6.29 Å². The molecule has 2 rings (SSSR count). The van der Waals surface area contributed by atoms with Crippen molar-refractivity contribution in [3.63, 3.8) is 0 Å². The molecule has 2 aromatic rings. The summed E-state index contributed by atoms with van der Waals surface area (Å²) in [6, 6.07) is 6.47. The van der Waals surface area contributed by atoms with Crippen molar-refractivity contribution in [3.05, 3.63) is 41.3 Å². The lowest BCUT2D eigenvalue weighted by atomic mass is 10.3. The molecule has 0 fully saturated rings. The van der Waals surface area contributed by atoms with E-state index in [1.165, 1.54) is 6.33 Å². The average molecular weight is 316 g/mol. The highest BCUT2D eigenvalue weighted by molar-refractivity contribution is 7.99. The van der Waals surface area contributed by atoms with Crippen LogP contribution in [0.5, 0.6) is 0 Å². The summed E-state index contributed by atoms with van der Waals surface area (Å²) >= 11 is 6.17. The maximum absolute atomic E-state index is 12.5. The van der Waals surface area contributed by atoms with Gasteiger partial charge in [-0.2, -0.15) is 8.78 Å². The van der Waals surface area contributed by atoms with Gasteiger partial charge in [0, 0.05) is 4.90 Å². The molecule has 0 aliphatic carbocycles. The van der Waals surface area contributed by atoms with E-state index in [-0.39, 0.29) is 16.5 Å². The summed E-state index contributed by atoms with van der Waals surface area (Å²) in [5.41, 5.74) is 0.488. The molecule has 0 bridgehead atoms. The van der Waals surface area contributed by atoms with Crippen molar-refractivity contribution in [2.24, 2.45) is 0 Å². The predicted octanol–water partition coefficient (Wildman–Crippen LogP) is 4.00. The number of aromatic nitrogens is 2. The number of carbonyl (C=O) groups is 1. The van der Waals surface area contributed by atoms with Crippen LogP contribution in [0.3, 0.4) is 0 Å². The average Bonchev–Trinajstić information content (AvgIpc) is 2.41. The highest BCUT2D eigenvalue weighted by Gasteiger charge is 2.13. The van der Waals surface area contributed by atoms with Crippen molar-refractivity contribution in [1.82, 2.24) is 9.97 Å². The van der Waals surface area contributed by atoms with Crippen LogP contribution < -0.4 is 5.32 Å². The summed E-state index contributed by atoms with van der Waals surface area (Å²) in [5.74, 6) is -2.38. The zero-order valence-corrected chi connectivity index (χ0v) is 11.5. The second-order valence-electron chi connectivity index (χ2n) is 3.54. The van der Waals surface area contributed by atoms with E-state index in [0.29, 0.717) is 28.6 Å².